The third kappa shape index (κ3) is 5.30. The average Bonchev–Trinajstić information content (AvgIpc) is 3.19. The fourth-order valence-corrected chi connectivity index (χ4v) is 4.35. The number of halogens is 2. The molecule has 4 rings (SSSR count). The number of amides is 2. The van der Waals surface area contributed by atoms with Gasteiger partial charge in [-0.1, -0.05) is 71.7 Å². The van der Waals surface area contributed by atoms with E-state index in [1.807, 2.05) is 75.4 Å². The lowest BCUT2D eigenvalue weighted by atomic mass is 10.1. The second-order valence-electron chi connectivity index (χ2n) is 8.37. The maximum atomic E-state index is 13.3. The number of nitrogens with zero attached hydrogens (tertiary/aromatic N) is 3. The van der Waals surface area contributed by atoms with Crippen LogP contribution in [-0.4, -0.2) is 39.6 Å². The van der Waals surface area contributed by atoms with Crippen LogP contribution in [0.25, 0.3) is 16.8 Å². The molecule has 6 nitrogen and oxygen atoms in total. The van der Waals surface area contributed by atoms with Crippen LogP contribution in [-0.2, 0) is 4.79 Å². The number of nitrogens with one attached hydrogen (secondary N) is 1. The van der Waals surface area contributed by atoms with Gasteiger partial charge in [-0.05, 0) is 56.2 Å². The van der Waals surface area contributed by atoms with Crippen molar-refractivity contribution in [2.24, 2.45) is 0 Å². The number of hydrogen-bond acceptors (Lipinski definition) is 3. The van der Waals surface area contributed by atoms with Crippen LogP contribution in [0.2, 0.25) is 10.0 Å². The number of benzene rings is 3. The van der Waals surface area contributed by atoms with Crippen LogP contribution in [0.15, 0.2) is 72.8 Å². The van der Waals surface area contributed by atoms with Gasteiger partial charge in [0.2, 0.25) is 5.91 Å². The summed E-state index contributed by atoms with van der Waals surface area (Å²) in [5.74, 6) is -0.0914. The van der Waals surface area contributed by atoms with E-state index in [1.54, 1.807) is 16.8 Å². The first-order valence-electron chi connectivity index (χ1n) is 11.5. The Morgan fingerprint density at radius 3 is 2.31 bits per heavy atom. The molecule has 3 aromatic carbocycles. The Balaban J connectivity index is 1.68. The zero-order chi connectivity index (χ0) is 25.8. The van der Waals surface area contributed by atoms with Gasteiger partial charge in [-0.3, -0.25) is 9.59 Å². The number of hydrogen-bond donors (Lipinski definition) is 1. The largest absolute Gasteiger partial charge is 0.330 e. The number of carbonyl (C=O) groups excluding carboxylic acids is 2. The number of likely N-dealkylation sites (N-methyl/N-ethyl adjacent to an activating group) is 1. The minimum Gasteiger partial charge on any atom is -0.330 e. The highest BCUT2D eigenvalue weighted by atomic mass is 35.5. The zero-order valence-electron chi connectivity index (χ0n) is 20.3. The van der Waals surface area contributed by atoms with Crippen LogP contribution < -0.4 is 5.32 Å². The Morgan fingerprint density at radius 1 is 0.944 bits per heavy atom. The zero-order valence-corrected chi connectivity index (χ0v) is 21.8. The summed E-state index contributed by atoms with van der Waals surface area (Å²) in [6.07, 6.45) is 0. The smallest absolute Gasteiger partial charge is 0.254 e. The van der Waals surface area contributed by atoms with Crippen molar-refractivity contribution >= 4 is 40.8 Å². The summed E-state index contributed by atoms with van der Waals surface area (Å²) in [6, 6.07) is 22.3. The van der Waals surface area contributed by atoms with Crippen LogP contribution >= 0.6 is 23.2 Å². The van der Waals surface area contributed by atoms with Gasteiger partial charge < -0.3 is 10.2 Å². The van der Waals surface area contributed by atoms with Crippen LogP contribution in [0.4, 0.5) is 5.82 Å². The molecule has 36 heavy (non-hydrogen) atoms. The molecular weight excluding hydrogens is 495 g/mol. The molecule has 0 aliphatic heterocycles. The summed E-state index contributed by atoms with van der Waals surface area (Å²) in [5, 5.41) is 8.45. The fraction of sp³-hybridized carbons (Fsp3) is 0.179. The van der Waals surface area contributed by atoms with Crippen LogP contribution in [0, 0.1) is 13.8 Å². The molecule has 1 heterocycles. The number of anilines is 1. The van der Waals surface area contributed by atoms with Crippen molar-refractivity contribution < 1.29 is 9.59 Å². The number of para-hydroxylation sites is 1. The fourth-order valence-electron chi connectivity index (χ4n) is 4.05. The molecule has 4 aromatic rings. The molecule has 0 spiro atoms. The molecule has 1 N–H and O–H groups in total. The molecule has 0 saturated heterocycles. The molecule has 0 atom stereocenters. The van der Waals surface area contributed by atoms with Gasteiger partial charge in [-0.15, -0.1) is 0 Å². The van der Waals surface area contributed by atoms with E-state index in [0.29, 0.717) is 22.9 Å². The van der Waals surface area contributed by atoms with Crippen molar-refractivity contribution in [1.29, 1.82) is 0 Å². The number of rotatable bonds is 7. The van der Waals surface area contributed by atoms with Crippen LogP contribution in [0.3, 0.4) is 0 Å². The first-order chi connectivity index (χ1) is 17.3. The van der Waals surface area contributed by atoms with Gasteiger partial charge in [0.25, 0.3) is 5.91 Å². The Bertz CT molecular complexity index is 1420. The maximum Gasteiger partial charge on any atom is 0.254 e. The molecule has 0 fully saturated rings. The standard InChI is InChI=1S/C28H26Cl2N4O2/c1-4-33(28(36)21-14-15-22(29)23(30)16-21)17-25(35)31-27-26(20-11-6-5-7-12-20)19(3)32-34(27)24-13-9-8-10-18(24)2/h5-16H,4,17H2,1-3H3,(H,31,35). The normalized spacial score (nSPS) is 10.8. The first kappa shape index (κ1) is 25.5. The van der Waals surface area contributed by atoms with E-state index in [9.17, 15) is 9.59 Å². The highest BCUT2D eigenvalue weighted by molar-refractivity contribution is 6.42. The van der Waals surface area contributed by atoms with Crippen molar-refractivity contribution in [2.45, 2.75) is 20.8 Å². The molecule has 0 aliphatic carbocycles. The van der Waals surface area contributed by atoms with Gasteiger partial charge in [-0.2, -0.15) is 5.10 Å². The summed E-state index contributed by atoms with van der Waals surface area (Å²) in [7, 11) is 0. The van der Waals surface area contributed by atoms with Crippen LogP contribution in [0.1, 0.15) is 28.5 Å². The van der Waals surface area contributed by atoms with Gasteiger partial charge in [-0.25, -0.2) is 4.68 Å². The Morgan fingerprint density at radius 2 is 1.64 bits per heavy atom. The number of aryl methyl sites for hydroxylation is 2. The van der Waals surface area contributed by atoms with E-state index in [-0.39, 0.29) is 23.4 Å². The van der Waals surface area contributed by atoms with Gasteiger partial charge in [0.05, 0.1) is 21.4 Å². The van der Waals surface area contributed by atoms with Crippen LogP contribution in [0.5, 0.6) is 0 Å². The lowest BCUT2D eigenvalue weighted by molar-refractivity contribution is -0.116. The lowest BCUT2D eigenvalue weighted by Gasteiger charge is -2.21. The summed E-state index contributed by atoms with van der Waals surface area (Å²) < 4.78 is 1.75. The number of carbonyl (C=O) groups is 2. The topological polar surface area (TPSA) is 67.2 Å². The van der Waals surface area contributed by atoms with Gasteiger partial charge in [0.15, 0.2) is 0 Å². The monoisotopic (exact) mass is 520 g/mol. The summed E-state index contributed by atoms with van der Waals surface area (Å²) in [6.45, 7) is 5.93. The first-order valence-corrected chi connectivity index (χ1v) is 12.3. The average molecular weight is 521 g/mol. The minimum absolute atomic E-state index is 0.137. The third-order valence-corrected chi connectivity index (χ3v) is 6.63. The van der Waals surface area contributed by atoms with Gasteiger partial charge in [0, 0.05) is 17.7 Å². The summed E-state index contributed by atoms with van der Waals surface area (Å²) >= 11 is 12.1. The predicted octanol–water partition coefficient (Wildman–Crippen LogP) is 6.56. The minimum atomic E-state index is -0.336. The Kier molecular flexibility index (Phi) is 7.77. The molecule has 0 bridgehead atoms. The van der Waals surface area contributed by atoms with E-state index in [0.717, 1.165) is 28.1 Å². The van der Waals surface area contributed by atoms with Crippen molar-refractivity contribution in [2.75, 3.05) is 18.4 Å². The van der Waals surface area contributed by atoms with E-state index in [4.69, 9.17) is 28.3 Å². The second-order valence-corrected chi connectivity index (χ2v) is 9.18. The summed E-state index contributed by atoms with van der Waals surface area (Å²) in [5.41, 5.74) is 4.77. The Hall–Kier alpha value is -3.61. The molecule has 2 amide bonds. The molecule has 8 heteroatoms. The van der Waals surface area contributed by atoms with E-state index < -0.39 is 0 Å². The van der Waals surface area contributed by atoms with E-state index in [1.165, 1.54) is 11.0 Å². The lowest BCUT2D eigenvalue weighted by Crippen LogP contribution is -2.38. The molecule has 184 valence electrons. The third-order valence-electron chi connectivity index (χ3n) is 5.89. The van der Waals surface area contributed by atoms with E-state index in [2.05, 4.69) is 5.32 Å². The highest BCUT2D eigenvalue weighted by Crippen LogP contribution is 2.34. The molecule has 0 aliphatic rings. The van der Waals surface area contributed by atoms with E-state index >= 15 is 0 Å². The Labute approximate surface area is 220 Å². The quantitative estimate of drug-likeness (QED) is 0.299. The molecular formula is C28H26Cl2N4O2. The van der Waals surface area contributed by atoms with Crippen molar-refractivity contribution in [1.82, 2.24) is 14.7 Å². The predicted molar refractivity (Wildman–Crippen MR) is 145 cm³/mol. The molecule has 1 aromatic heterocycles. The van der Waals surface area contributed by atoms with Gasteiger partial charge >= 0.3 is 0 Å². The molecule has 0 saturated carbocycles. The van der Waals surface area contributed by atoms with Crippen molar-refractivity contribution in [3.8, 4) is 16.8 Å². The highest BCUT2D eigenvalue weighted by Gasteiger charge is 2.23. The number of aromatic nitrogens is 2. The summed E-state index contributed by atoms with van der Waals surface area (Å²) in [4.78, 5) is 27.8. The second kappa shape index (κ2) is 11.0. The van der Waals surface area contributed by atoms with Crippen molar-refractivity contribution in [3.63, 3.8) is 0 Å². The SMILES string of the molecule is CCN(CC(=O)Nc1c(-c2ccccc2)c(C)nn1-c1ccccc1C)C(=O)c1ccc(Cl)c(Cl)c1. The maximum absolute atomic E-state index is 13.3. The van der Waals surface area contributed by atoms with Gasteiger partial charge in [0.1, 0.15) is 12.4 Å². The van der Waals surface area contributed by atoms with Crippen molar-refractivity contribution in [3.05, 3.63) is 99.7 Å². The molecule has 0 radical (unpaired) electrons. The molecule has 0 unspecified atom stereocenters.